The molecule has 2 aromatic rings. The van der Waals surface area contributed by atoms with Crippen molar-refractivity contribution in [1.29, 1.82) is 0 Å². The smallest absolute Gasteiger partial charge is 0.133 e. The summed E-state index contributed by atoms with van der Waals surface area (Å²) in [6.45, 7) is 5.81. The van der Waals surface area contributed by atoms with E-state index in [1.54, 1.807) is 7.11 Å². The molecule has 0 radical (unpaired) electrons. The van der Waals surface area contributed by atoms with Gasteiger partial charge < -0.3 is 4.74 Å². The van der Waals surface area contributed by atoms with E-state index in [1.807, 2.05) is 19.9 Å². The van der Waals surface area contributed by atoms with E-state index in [0.717, 1.165) is 16.6 Å². The highest BCUT2D eigenvalue weighted by Gasteiger charge is 2.05. The number of benzene rings is 2. The first-order valence-corrected chi connectivity index (χ1v) is 7.05. The zero-order chi connectivity index (χ0) is 14.3. The summed E-state index contributed by atoms with van der Waals surface area (Å²) in [4.78, 5) is 0. The van der Waals surface area contributed by atoms with E-state index >= 15 is 0 Å². The Kier molecular flexibility index (Phi) is 6.45. The van der Waals surface area contributed by atoms with Crippen LogP contribution in [0.25, 0.3) is 10.8 Å². The molecule has 0 heterocycles. The maximum atomic E-state index is 5.26. The average Bonchev–Trinajstić information content (AvgIpc) is 2.47. The predicted molar refractivity (Wildman–Crippen MR) is 86.7 cm³/mol. The molecule has 0 saturated carbocycles. The Morgan fingerprint density at radius 1 is 1.11 bits per heavy atom. The molecule has 0 amide bonds. The fourth-order valence-corrected chi connectivity index (χ4v) is 2.35. The Balaban J connectivity index is 0.000000399. The van der Waals surface area contributed by atoms with Gasteiger partial charge in [-0.25, -0.2) is 0 Å². The molecule has 0 atom stereocenters. The SMILES string of the molecule is CC#CC.CCc1ccc2c(Br)c(OC)ccc2c1. The molecule has 0 aromatic heterocycles. The summed E-state index contributed by atoms with van der Waals surface area (Å²) in [5, 5.41) is 2.45. The molecule has 0 saturated heterocycles. The van der Waals surface area contributed by atoms with Gasteiger partial charge in [0.15, 0.2) is 0 Å². The van der Waals surface area contributed by atoms with Crippen LogP contribution in [0.15, 0.2) is 34.8 Å². The summed E-state index contributed by atoms with van der Waals surface area (Å²) < 4.78 is 6.30. The van der Waals surface area contributed by atoms with Crippen LogP contribution >= 0.6 is 15.9 Å². The maximum absolute atomic E-state index is 5.26. The largest absolute Gasteiger partial charge is 0.496 e. The first-order valence-electron chi connectivity index (χ1n) is 6.26. The predicted octanol–water partition coefficient (Wildman–Crippen LogP) is 5.20. The molecular weight excluding hydrogens is 300 g/mol. The van der Waals surface area contributed by atoms with Gasteiger partial charge >= 0.3 is 0 Å². The number of rotatable bonds is 2. The van der Waals surface area contributed by atoms with Gasteiger partial charge in [0.05, 0.1) is 11.6 Å². The molecule has 0 aliphatic carbocycles. The second-order valence-electron chi connectivity index (χ2n) is 3.99. The molecule has 2 heteroatoms. The monoisotopic (exact) mass is 318 g/mol. The van der Waals surface area contributed by atoms with Gasteiger partial charge in [0.25, 0.3) is 0 Å². The van der Waals surface area contributed by atoms with Crippen LogP contribution in [0.2, 0.25) is 0 Å². The normalized spacial score (nSPS) is 9.11. The van der Waals surface area contributed by atoms with Gasteiger partial charge in [0.1, 0.15) is 5.75 Å². The third-order valence-corrected chi connectivity index (χ3v) is 3.68. The van der Waals surface area contributed by atoms with Gasteiger partial charge in [-0.15, -0.1) is 11.8 Å². The number of halogens is 1. The van der Waals surface area contributed by atoms with Crippen molar-refractivity contribution in [1.82, 2.24) is 0 Å². The van der Waals surface area contributed by atoms with Crippen LogP contribution in [-0.2, 0) is 6.42 Å². The van der Waals surface area contributed by atoms with Crippen LogP contribution in [-0.4, -0.2) is 7.11 Å². The number of methoxy groups -OCH3 is 1. The lowest BCUT2D eigenvalue weighted by Gasteiger charge is -2.07. The Bertz CT molecular complexity index is 600. The molecule has 0 bridgehead atoms. The molecule has 2 rings (SSSR count). The summed E-state index contributed by atoms with van der Waals surface area (Å²) in [5.41, 5.74) is 1.36. The lowest BCUT2D eigenvalue weighted by atomic mass is 10.1. The molecule has 0 N–H and O–H groups in total. The molecule has 0 unspecified atom stereocenters. The third-order valence-electron chi connectivity index (χ3n) is 2.86. The van der Waals surface area contributed by atoms with E-state index in [-0.39, 0.29) is 0 Å². The van der Waals surface area contributed by atoms with Gasteiger partial charge in [0, 0.05) is 0 Å². The average molecular weight is 319 g/mol. The summed E-state index contributed by atoms with van der Waals surface area (Å²) in [5.74, 6) is 6.24. The second-order valence-corrected chi connectivity index (χ2v) is 4.78. The van der Waals surface area contributed by atoms with E-state index in [2.05, 4.69) is 59.0 Å². The topological polar surface area (TPSA) is 9.23 Å². The second kappa shape index (κ2) is 7.86. The Morgan fingerprint density at radius 3 is 2.32 bits per heavy atom. The van der Waals surface area contributed by atoms with Crippen LogP contribution in [0.3, 0.4) is 0 Å². The van der Waals surface area contributed by atoms with Crippen molar-refractivity contribution in [2.24, 2.45) is 0 Å². The van der Waals surface area contributed by atoms with Gasteiger partial charge in [-0.1, -0.05) is 31.2 Å². The van der Waals surface area contributed by atoms with Crippen LogP contribution in [0, 0.1) is 11.8 Å². The zero-order valence-electron chi connectivity index (χ0n) is 11.9. The van der Waals surface area contributed by atoms with Gasteiger partial charge in [-0.05, 0) is 58.6 Å². The highest BCUT2D eigenvalue weighted by molar-refractivity contribution is 9.10. The molecular formula is C17H19BrO. The van der Waals surface area contributed by atoms with Crippen molar-refractivity contribution in [3.63, 3.8) is 0 Å². The van der Waals surface area contributed by atoms with E-state index < -0.39 is 0 Å². The van der Waals surface area contributed by atoms with Crippen molar-refractivity contribution in [2.45, 2.75) is 27.2 Å². The summed E-state index contributed by atoms with van der Waals surface area (Å²) >= 11 is 3.56. The number of hydrogen-bond acceptors (Lipinski definition) is 1. The quantitative estimate of drug-likeness (QED) is 0.691. The Morgan fingerprint density at radius 2 is 1.79 bits per heavy atom. The molecule has 0 aliphatic rings. The lowest BCUT2D eigenvalue weighted by Crippen LogP contribution is -1.86. The molecule has 0 fully saturated rings. The molecule has 1 nitrogen and oxygen atoms in total. The van der Waals surface area contributed by atoms with E-state index in [9.17, 15) is 0 Å². The minimum absolute atomic E-state index is 0.881. The number of aryl methyl sites for hydroxylation is 1. The Labute approximate surface area is 124 Å². The van der Waals surface area contributed by atoms with Crippen molar-refractivity contribution in [3.05, 3.63) is 40.4 Å². The van der Waals surface area contributed by atoms with E-state index in [1.165, 1.54) is 16.3 Å². The minimum Gasteiger partial charge on any atom is -0.496 e. The van der Waals surface area contributed by atoms with E-state index in [0.29, 0.717) is 0 Å². The highest BCUT2D eigenvalue weighted by atomic mass is 79.9. The fraction of sp³-hybridized carbons (Fsp3) is 0.294. The van der Waals surface area contributed by atoms with Crippen molar-refractivity contribution < 1.29 is 4.74 Å². The van der Waals surface area contributed by atoms with Gasteiger partial charge in [0.2, 0.25) is 0 Å². The minimum atomic E-state index is 0.881. The van der Waals surface area contributed by atoms with Crippen LogP contribution in [0.1, 0.15) is 26.3 Å². The van der Waals surface area contributed by atoms with Crippen molar-refractivity contribution in [3.8, 4) is 17.6 Å². The molecule has 0 spiro atoms. The zero-order valence-corrected chi connectivity index (χ0v) is 13.5. The van der Waals surface area contributed by atoms with Gasteiger partial charge in [-0.3, -0.25) is 0 Å². The third kappa shape index (κ3) is 4.01. The first kappa shape index (κ1) is 15.6. The molecule has 0 aliphatic heterocycles. The van der Waals surface area contributed by atoms with E-state index in [4.69, 9.17) is 4.74 Å². The van der Waals surface area contributed by atoms with Gasteiger partial charge in [-0.2, -0.15) is 0 Å². The lowest BCUT2D eigenvalue weighted by molar-refractivity contribution is 0.413. The molecule has 100 valence electrons. The van der Waals surface area contributed by atoms with Crippen molar-refractivity contribution >= 4 is 26.7 Å². The van der Waals surface area contributed by atoms with Crippen LogP contribution in [0.4, 0.5) is 0 Å². The summed E-state index contributed by atoms with van der Waals surface area (Å²) in [7, 11) is 1.69. The standard InChI is InChI=1S/C13H13BrO.C4H6/c1-3-9-4-6-11-10(8-9)5-7-12(15-2)13(11)14;1-3-4-2/h4-8H,3H2,1-2H3;1-2H3. The van der Waals surface area contributed by atoms with Crippen LogP contribution < -0.4 is 4.74 Å². The maximum Gasteiger partial charge on any atom is 0.133 e. The summed E-state index contributed by atoms with van der Waals surface area (Å²) in [6.07, 6.45) is 1.07. The molecule has 19 heavy (non-hydrogen) atoms. The molecule has 2 aromatic carbocycles. The first-order chi connectivity index (χ1) is 9.17. The number of ether oxygens (including phenoxy) is 1. The van der Waals surface area contributed by atoms with Crippen molar-refractivity contribution in [2.75, 3.05) is 7.11 Å². The summed E-state index contributed by atoms with van der Waals surface area (Å²) in [6, 6.07) is 10.6. The number of fused-ring (bicyclic) bond motifs is 1. The fourth-order valence-electron chi connectivity index (χ4n) is 1.70. The highest BCUT2D eigenvalue weighted by Crippen LogP contribution is 2.33. The number of hydrogen-bond donors (Lipinski definition) is 0. The van der Waals surface area contributed by atoms with Crippen LogP contribution in [0.5, 0.6) is 5.75 Å². The Hall–Kier alpha value is -1.46.